The van der Waals surface area contributed by atoms with Crippen LogP contribution in [0.1, 0.15) is 45.4 Å². The molecule has 11 heteroatoms. The molecule has 1 aromatic carbocycles. The van der Waals surface area contributed by atoms with Gasteiger partial charge in [0.25, 0.3) is 5.91 Å². The second-order valence-corrected chi connectivity index (χ2v) is 8.54. The van der Waals surface area contributed by atoms with Gasteiger partial charge in [-0.25, -0.2) is 18.7 Å². The number of rotatable bonds is 5. The smallest absolute Gasteiger partial charge is 0.272 e. The summed E-state index contributed by atoms with van der Waals surface area (Å²) in [4.78, 5) is 24.1. The van der Waals surface area contributed by atoms with E-state index in [4.69, 9.17) is 20.0 Å². The summed E-state index contributed by atoms with van der Waals surface area (Å²) in [5.41, 5.74) is 9.25. The lowest BCUT2D eigenvalue weighted by atomic mass is 9.97. The lowest BCUT2D eigenvalue weighted by Crippen LogP contribution is -2.54. The number of benzene rings is 1. The van der Waals surface area contributed by atoms with Crippen molar-refractivity contribution in [3.63, 3.8) is 0 Å². The summed E-state index contributed by atoms with van der Waals surface area (Å²) in [6.45, 7) is 10.3. The number of hydrogen-bond donors (Lipinski definition) is 2. The predicted molar refractivity (Wildman–Crippen MR) is 143 cm³/mol. The maximum Gasteiger partial charge on any atom is 0.272 e. The average Bonchev–Trinajstić information content (AvgIpc) is 3.47. The third-order valence-corrected chi connectivity index (χ3v) is 6.36. The third kappa shape index (κ3) is 5.96. The number of primary amides is 1. The number of allylic oxidation sites excluding steroid dienone is 3. The van der Waals surface area contributed by atoms with Crippen molar-refractivity contribution in [3.8, 4) is 0 Å². The first-order valence-corrected chi connectivity index (χ1v) is 13.1. The van der Waals surface area contributed by atoms with Gasteiger partial charge in [0.1, 0.15) is 36.3 Å². The summed E-state index contributed by atoms with van der Waals surface area (Å²) < 4.78 is 41.7. The number of fused-ring (bicyclic) bond motifs is 1. The number of hydroxylamine groups is 1. The minimum Gasteiger partial charge on any atom is -0.492 e. The van der Waals surface area contributed by atoms with Crippen molar-refractivity contribution in [3.05, 3.63) is 83.2 Å². The van der Waals surface area contributed by atoms with Crippen LogP contribution in [0.3, 0.4) is 0 Å². The molecule has 0 radical (unpaired) electrons. The minimum atomic E-state index is -1.91. The van der Waals surface area contributed by atoms with Crippen LogP contribution in [0.25, 0.3) is 5.70 Å². The van der Waals surface area contributed by atoms with Gasteiger partial charge in [0, 0.05) is 37.9 Å². The van der Waals surface area contributed by atoms with Gasteiger partial charge in [-0.05, 0) is 36.8 Å². The van der Waals surface area contributed by atoms with Crippen LogP contribution in [0.15, 0.2) is 60.3 Å². The normalized spacial score (nSPS) is 24.4. The molecule has 0 bridgehead atoms. The van der Waals surface area contributed by atoms with Crippen molar-refractivity contribution in [1.82, 2.24) is 19.9 Å². The molecular formula is C28H37F2N5O4. The summed E-state index contributed by atoms with van der Waals surface area (Å²) in [6, 6.07) is 2.78. The molecule has 9 nitrogen and oxygen atoms in total. The number of aromatic nitrogens is 2. The van der Waals surface area contributed by atoms with Gasteiger partial charge in [0.05, 0.1) is 17.7 Å². The number of halogens is 2. The molecule has 3 unspecified atom stereocenters. The minimum absolute atomic E-state index is 0.0473. The first-order valence-electron chi connectivity index (χ1n) is 13.1. The zero-order chi connectivity index (χ0) is 28.7. The number of aryl methyl sites for hydroxylation is 1. The van der Waals surface area contributed by atoms with Crippen molar-refractivity contribution in [1.29, 1.82) is 0 Å². The molecule has 2 aromatic rings. The van der Waals surface area contributed by atoms with E-state index in [-0.39, 0.29) is 24.8 Å². The lowest BCUT2D eigenvalue weighted by Gasteiger charge is -2.33. The fourth-order valence-corrected chi connectivity index (χ4v) is 4.70. The number of methoxy groups -OCH3 is 1. The monoisotopic (exact) mass is 545 g/mol. The van der Waals surface area contributed by atoms with E-state index in [1.807, 2.05) is 57.5 Å². The molecule has 0 saturated carbocycles. The Morgan fingerprint density at radius 3 is 2.46 bits per heavy atom. The van der Waals surface area contributed by atoms with E-state index in [9.17, 15) is 13.6 Å². The highest BCUT2D eigenvalue weighted by molar-refractivity contribution is 5.85. The number of imidazole rings is 1. The van der Waals surface area contributed by atoms with Crippen molar-refractivity contribution < 1.29 is 27.9 Å². The summed E-state index contributed by atoms with van der Waals surface area (Å²) >= 11 is 0. The lowest BCUT2D eigenvalue weighted by molar-refractivity contribution is -0.165. The first kappa shape index (κ1) is 30.2. The largest absolute Gasteiger partial charge is 0.492 e. The quantitative estimate of drug-likeness (QED) is 0.583. The van der Waals surface area contributed by atoms with Gasteiger partial charge in [-0.15, -0.1) is 0 Å². The Kier molecular flexibility index (Phi) is 10.1. The molecule has 1 amide bonds. The SMILES string of the molecule is CC.CC.COC1CC(C2=CC3NOC(C(N)=O)(c4cc(F)cc(F)c4)N3CCO2)=CC=C1n1cnc(C)c1. The summed E-state index contributed by atoms with van der Waals surface area (Å²) in [5, 5.41) is 0. The van der Waals surface area contributed by atoms with Gasteiger partial charge in [0.2, 0.25) is 5.72 Å². The molecule has 3 aliphatic rings. The molecule has 39 heavy (non-hydrogen) atoms. The van der Waals surface area contributed by atoms with Crippen molar-refractivity contribution in [2.45, 2.75) is 59.0 Å². The van der Waals surface area contributed by atoms with Crippen LogP contribution in [-0.2, 0) is 24.8 Å². The van der Waals surface area contributed by atoms with Gasteiger partial charge in [-0.2, -0.15) is 5.48 Å². The number of nitrogens with one attached hydrogen (secondary N) is 1. The molecule has 212 valence electrons. The van der Waals surface area contributed by atoms with Crippen LogP contribution in [0.5, 0.6) is 0 Å². The molecule has 1 fully saturated rings. The standard InChI is InChI=1S/C24H25F2N5O4.2C2H6/c1-14-12-30(13-28-14)19-4-3-15(7-21(19)33-2)20-11-22-29-35-24(23(27)32,31(22)5-6-34-20)16-8-17(25)10-18(26)9-16;2*1-2/h3-4,8-13,21-22,29H,5-7H2,1-2H3,(H2,27,32);2*1-2H3. The van der Waals surface area contributed by atoms with E-state index < -0.39 is 29.4 Å². The van der Waals surface area contributed by atoms with Crippen LogP contribution in [-0.4, -0.2) is 52.9 Å². The first-order chi connectivity index (χ1) is 18.8. The molecule has 1 saturated heterocycles. The van der Waals surface area contributed by atoms with Crippen LogP contribution < -0.4 is 11.2 Å². The van der Waals surface area contributed by atoms with Crippen LogP contribution in [0, 0.1) is 18.6 Å². The van der Waals surface area contributed by atoms with E-state index in [0.717, 1.165) is 35.2 Å². The van der Waals surface area contributed by atoms with Crippen molar-refractivity contribution in [2.24, 2.45) is 5.73 Å². The maximum atomic E-state index is 14.0. The number of amides is 1. The maximum absolute atomic E-state index is 14.0. The fraction of sp³-hybridized carbons (Fsp3) is 0.429. The van der Waals surface area contributed by atoms with E-state index in [1.165, 1.54) is 0 Å². The summed E-state index contributed by atoms with van der Waals surface area (Å²) in [5.74, 6) is -2.01. The van der Waals surface area contributed by atoms with Crippen molar-refractivity contribution >= 4 is 11.6 Å². The number of carbonyl (C=O) groups is 1. The Morgan fingerprint density at radius 2 is 1.87 bits per heavy atom. The second-order valence-electron chi connectivity index (χ2n) is 8.54. The van der Waals surface area contributed by atoms with Gasteiger partial charge in [0.15, 0.2) is 0 Å². The van der Waals surface area contributed by atoms with Crippen LogP contribution in [0.4, 0.5) is 8.78 Å². The van der Waals surface area contributed by atoms with Gasteiger partial charge >= 0.3 is 0 Å². The predicted octanol–water partition coefficient (Wildman–Crippen LogP) is 4.12. The highest BCUT2D eigenvalue weighted by Gasteiger charge is 2.55. The number of hydrogen-bond acceptors (Lipinski definition) is 7. The molecule has 3 atom stereocenters. The molecular weight excluding hydrogens is 508 g/mol. The molecule has 2 aliphatic heterocycles. The Labute approximate surface area is 227 Å². The van der Waals surface area contributed by atoms with Gasteiger partial charge < -0.3 is 19.8 Å². The Morgan fingerprint density at radius 1 is 1.18 bits per heavy atom. The highest BCUT2D eigenvalue weighted by Crippen LogP contribution is 2.39. The Bertz CT molecular complexity index is 1240. The number of nitrogens with zero attached hydrogens (tertiary/aromatic N) is 3. The van der Waals surface area contributed by atoms with Crippen LogP contribution in [0.2, 0.25) is 0 Å². The number of nitrogens with two attached hydrogens (primary N) is 1. The average molecular weight is 546 g/mol. The number of ether oxygens (including phenoxy) is 2. The van der Waals surface area contributed by atoms with E-state index >= 15 is 0 Å². The summed E-state index contributed by atoms with van der Waals surface area (Å²) in [6.07, 6.45) is 8.97. The Balaban J connectivity index is 0.00000100. The van der Waals surface area contributed by atoms with Crippen LogP contribution >= 0.6 is 0 Å². The molecule has 0 spiro atoms. The number of carbonyl (C=O) groups excluding carboxylic acids is 1. The molecule has 5 rings (SSSR count). The van der Waals surface area contributed by atoms with Gasteiger partial charge in [-0.3, -0.25) is 9.63 Å². The highest BCUT2D eigenvalue weighted by atomic mass is 19.1. The zero-order valence-electron chi connectivity index (χ0n) is 23.2. The Hall–Kier alpha value is -3.38. The van der Waals surface area contributed by atoms with Crippen molar-refractivity contribution in [2.75, 3.05) is 20.3 Å². The topological polar surface area (TPSA) is 104 Å². The van der Waals surface area contributed by atoms with Gasteiger partial charge in [-0.1, -0.05) is 33.8 Å². The molecule has 3 heterocycles. The van der Waals surface area contributed by atoms with E-state index in [2.05, 4.69) is 10.5 Å². The molecule has 1 aliphatic carbocycles. The van der Waals surface area contributed by atoms with E-state index in [0.29, 0.717) is 12.2 Å². The fourth-order valence-electron chi connectivity index (χ4n) is 4.70. The summed E-state index contributed by atoms with van der Waals surface area (Å²) in [7, 11) is 1.64. The third-order valence-electron chi connectivity index (χ3n) is 6.36. The molecule has 1 aromatic heterocycles. The van der Waals surface area contributed by atoms with E-state index in [1.54, 1.807) is 24.4 Å². The zero-order valence-corrected chi connectivity index (χ0v) is 23.2. The second kappa shape index (κ2) is 13.1. The molecule has 3 N–H and O–H groups in total.